The molecule has 4 nitrogen and oxygen atoms in total. The number of nitrogens with zero attached hydrogens (tertiary/aromatic N) is 2. The third-order valence-corrected chi connectivity index (χ3v) is 0.861. The summed E-state index contributed by atoms with van der Waals surface area (Å²) in [5.74, 6) is 0.171. The van der Waals surface area contributed by atoms with Gasteiger partial charge in [-0.3, -0.25) is 0 Å². The predicted molar refractivity (Wildman–Crippen MR) is 28.9 cm³/mol. The van der Waals surface area contributed by atoms with Gasteiger partial charge in [0.05, 0.1) is 0 Å². The molecule has 0 spiro atoms. The van der Waals surface area contributed by atoms with Crippen LogP contribution in [0.3, 0.4) is 0 Å². The maximum atomic E-state index is 6.50. The van der Waals surface area contributed by atoms with Gasteiger partial charge in [0.1, 0.15) is 0 Å². The molecule has 0 fully saturated rings. The smallest absolute Gasteiger partial charge is 0.182 e. The number of hydrogen-bond donors (Lipinski definition) is 2. The van der Waals surface area contributed by atoms with Gasteiger partial charge in [0.2, 0.25) is 0 Å². The first kappa shape index (κ1) is 7.20. The van der Waals surface area contributed by atoms with Crippen molar-refractivity contribution in [2.75, 3.05) is 0 Å². The lowest BCUT2D eigenvalue weighted by molar-refractivity contribution is 0.461. The van der Waals surface area contributed by atoms with E-state index in [2.05, 4.69) is 10.2 Å². The molecule has 0 unspecified atom stereocenters. The lowest BCUT2D eigenvalue weighted by Gasteiger charge is -2.04. The van der Waals surface area contributed by atoms with Crippen molar-refractivity contribution in [2.24, 2.45) is 16.1 Å². The Morgan fingerprint density at radius 2 is 1.50 bits per heavy atom. The molecule has 0 aliphatic heterocycles. The zero-order chi connectivity index (χ0) is 6.57. The second-order valence-electron chi connectivity index (χ2n) is 1.92. The Hall–Kier alpha value is -0.800. The maximum absolute atomic E-state index is 6.50. The van der Waals surface area contributed by atoms with Crippen LogP contribution in [0.2, 0.25) is 0 Å². The standard InChI is InChI=1S/C4H10N4/c1-3(2)4(7-5)8-6/h3-6H,1-2H3. The van der Waals surface area contributed by atoms with Crippen molar-refractivity contribution in [3.05, 3.63) is 0 Å². The Labute approximate surface area is 48.3 Å². The van der Waals surface area contributed by atoms with Crippen LogP contribution in [0.25, 0.3) is 0 Å². The Bertz CT molecular complexity index is 80.0. The zero-order valence-corrected chi connectivity index (χ0v) is 5.05. The van der Waals surface area contributed by atoms with Crippen molar-refractivity contribution in [3.8, 4) is 0 Å². The molecular formula is C4H10N4. The van der Waals surface area contributed by atoms with Crippen LogP contribution in [0.4, 0.5) is 0 Å². The van der Waals surface area contributed by atoms with Gasteiger partial charge >= 0.3 is 0 Å². The highest BCUT2D eigenvalue weighted by Crippen LogP contribution is 2.05. The fourth-order valence-electron chi connectivity index (χ4n) is 0.327. The summed E-state index contributed by atoms with van der Waals surface area (Å²) in [6.45, 7) is 3.75. The molecule has 0 aromatic carbocycles. The van der Waals surface area contributed by atoms with Gasteiger partial charge < -0.3 is 0 Å². The van der Waals surface area contributed by atoms with Crippen LogP contribution in [-0.4, -0.2) is 6.17 Å². The van der Waals surface area contributed by atoms with Gasteiger partial charge in [-0.25, -0.2) is 11.1 Å². The van der Waals surface area contributed by atoms with E-state index in [0.717, 1.165) is 0 Å². The average Bonchev–Trinajstić information content (AvgIpc) is 1.69. The lowest BCUT2D eigenvalue weighted by Crippen LogP contribution is -2.06. The molecule has 0 aromatic rings. The van der Waals surface area contributed by atoms with Crippen molar-refractivity contribution >= 4 is 0 Å². The van der Waals surface area contributed by atoms with E-state index in [9.17, 15) is 0 Å². The number of rotatable bonds is 3. The topological polar surface area (TPSA) is 72.4 Å². The molecule has 0 radical (unpaired) electrons. The molecular weight excluding hydrogens is 104 g/mol. The summed E-state index contributed by atoms with van der Waals surface area (Å²) in [5.41, 5.74) is 13.0. The summed E-state index contributed by atoms with van der Waals surface area (Å²) in [5, 5.41) is 6.20. The molecule has 0 amide bonds. The number of hydrogen-bond acceptors (Lipinski definition) is 4. The van der Waals surface area contributed by atoms with Gasteiger partial charge in [-0.15, -0.1) is 0 Å². The molecule has 2 N–H and O–H groups in total. The lowest BCUT2D eigenvalue weighted by atomic mass is 10.2. The summed E-state index contributed by atoms with van der Waals surface area (Å²) in [7, 11) is 0. The molecule has 0 aromatic heterocycles. The van der Waals surface area contributed by atoms with E-state index in [1.807, 2.05) is 13.8 Å². The van der Waals surface area contributed by atoms with Crippen LogP contribution in [0.5, 0.6) is 0 Å². The highest BCUT2D eigenvalue weighted by atomic mass is 15.2. The largest absolute Gasteiger partial charge is 0.208 e. The van der Waals surface area contributed by atoms with Gasteiger partial charge in [0.25, 0.3) is 0 Å². The quantitative estimate of drug-likeness (QED) is 0.527. The van der Waals surface area contributed by atoms with E-state index in [1.54, 1.807) is 0 Å². The van der Waals surface area contributed by atoms with Crippen molar-refractivity contribution in [1.82, 2.24) is 0 Å². The van der Waals surface area contributed by atoms with E-state index in [4.69, 9.17) is 11.1 Å². The molecule has 8 heavy (non-hydrogen) atoms. The molecule has 0 saturated heterocycles. The first-order chi connectivity index (χ1) is 3.72. The third-order valence-electron chi connectivity index (χ3n) is 0.861. The number of nitrogens with one attached hydrogen (secondary N) is 2. The molecule has 0 atom stereocenters. The molecule has 0 heterocycles. The molecule has 0 aliphatic rings. The van der Waals surface area contributed by atoms with Crippen LogP contribution in [-0.2, 0) is 0 Å². The van der Waals surface area contributed by atoms with E-state index >= 15 is 0 Å². The first-order valence-electron chi connectivity index (χ1n) is 2.45. The second kappa shape index (κ2) is 3.23. The Balaban J connectivity index is 3.68. The van der Waals surface area contributed by atoms with Crippen molar-refractivity contribution in [2.45, 2.75) is 20.0 Å². The fraction of sp³-hybridized carbons (Fsp3) is 1.00. The van der Waals surface area contributed by atoms with Gasteiger partial charge in [0, 0.05) is 0 Å². The van der Waals surface area contributed by atoms with Crippen LogP contribution in [0, 0.1) is 17.0 Å². The highest BCUT2D eigenvalue weighted by molar-refractivity contribution is 4.59. The fourth-order valence-corrected chi connectivity index (χ4v) is 0.327. The SMILES string of the molecule is CC(C)C(N=N)N=N. The molecule has 0 aliphatic carbocycles. The summed E-state index contributed by atoms with van der Waals surface area (Å²) >= 11 is 0. The van der Waals surface area contributed by atoms with E-state index in [1.165, 1.54) is 0 Å². The van der Waals surface area contributed by atoms with Gasteiger partial charge in [0.15, 0.2) is 6.17 Å². The van der Waals surface area contributed by atoms with E-state index in [0.29, 0.717) is 0 Å². The third kappa shape index (κ3) is 1.77. The summed E-state index contributed by atoms with van der Waals surface area (Å²) in [4.78, 5) is 0. The minimum absolute atomic E-state index is 0.171. The second-order valence-corrected chi connectivity index (χ2v) is 1.92. The zero-order valence-electron chi connectivity index (χ0n) is 5.05. The van der Waals surface area contributed by atoms with Crippen molar-refractivity contribution in [3.63, 3.8) is 0 Å². The minimum atomic E-state index is -0.463. The average molecular weight is 114 g/mol. The monoisotopic (exact) mass is 114 g/mol. The maximum Gasteiger partial charge on any atom is 0.182 e. The Morgan fingerprint density at radius 1 is 1.12 bits per heavy atom. The molecule has 0 saturated carbocycles. The van der Waals surface area contributed by atoms with Gasteiger partial charge in [-0.05, 0) is 5.92 Å². The van der Waals surface area contributed by atoms with Gasteiger partial charge in [-0.1, -0.05) is 13.8 Å². The van der Waals surface area contributed by atoms with Crippen LogP contribution < -0.4 is 0 Å². The molecule has 4 heteroatoms. The molecule has 46 valence electrons. The predicted octanol–water partition coefficient (Wildman–Crippen LogP) is 2.03. The Morgan fingerprint density at radius 3 is 1.50 bits per heavy atom. The van der Waals surface area contributed by atoms with Crippen molar-refractivity contribution < 1.29 is 0 Å². The van der Waals surface area contributed by atoms with Gasteiger partial charge in [-0.2, -0.15) is 10.2 Å². The molecule has 0 rings (SSSR count). The van der Waals surface area contributed by atoms with Crippen LogP contribution in [0.15, 0.2) is 10.2 Å². The van der Waals surface area contributed by atoms with Crippen molar-refractivity contribution in [1.29, 1.82) is 11.1 Å². The summed E-state index contributed by atoms with van der Waals surface area (Å²) in [6, 6.07) is 0. The normalized spacial score (nSPS) is 13.4. The summed E-state index contributed by atoms with van der Waals surface area (Å²) in [6.07, 6.45) is -0.463. The van der Waals surface area contributed by atoms with E-state index in [-0.39, 0.29) is 5.92 Å². The first-order valence-corrected chi connectivity index (χ1v) is 2.45. The highest BCUT2D eigenvalue weighted by Gasteiger charge is 2.07. The van der Waals surface area contributed by atoms with Crippen LogP contribution in [0.1, 0.15) is 13.8 Å². The molecule has 0 bridgehead atoms. The van der Waals surface area contributed by atoms with E-state index < -0.39 is 6.17 Å². The Kier molecular flexibility index (Phi) is 2.91. The minimum Gasteiger partial charge on any atom is -0.208 e. The van der Waals surface area contributed by atoms with Crippen LogP contribution >= 0.6 is 0 Å². The summed E-state index contributed by atoms with van der Waals surface area (Å²) < 4.78 is 0.